The van der Waals surface area contributed by atoms with Gasteiger partial charge >= 0.3 is 11.9 Å². The SMILES string of the molecule is COC(=O)C1CN(C(=O)CCC(=O)O)CC1C. The van der Waals surface area contributed by atoms with E-state index in [1.165, 1.54) is 12.0 Å². The second kappa shape index (κ2) is 5.65. The minimum atomic E-state index is -0.991. The minimum absolute atomic E-state index is 0.0179. The number of ether oxygens (including phenoxy) is 1. The molecule has 6 heteroatoms. The van der Waals surface area contributed by atoms with E-state index in [4.69, 9.17) is 5.11 Å². The first-order valence-electron chi connectivity index (χ1n) is 5.53. The molecule has 2 atom stereocenters. The molecule has 0 aromatic rings. The maximum Gasteiger partial charge on any atom is 0.310 e. The van der Waals surface area contributed by atoms with Crippen LogP contribution >= 0.6 is 0 Å². The smallest absolute Gasteiger partial charge is 0.310 e. The Labute approximate surface area is 99.5 Å². The van der Waals surface area contributed by atoms with Gasteiger partial charge in [-0.1, -0.05) is 6.92 Å². The summed E-state index contributed by atoms with van der Waals surface area (Å²) in [5.74, 6) is -1.77. The maximum atomic E-state index is 11.7. The third-order valence-corrected chi connectivity index (χ3v) is 3.02. The van der Waals surface area contributed by atoms with E-state index in [0.29, 0.717) is 13.1 Å². The van der Waals surface area contributed by atoms with Crippen LogP contribution in [0, 0.1) is 11.8 Å². The summed E-state index contributed by atoms with van der Waals surface area (Å²) in [6.07, 6.45) is -0.192. The molecule has 1 amide bonds. The Hall–Kier alpha value is -1.59. The van der Waals surface area contributed by atoms with Crippen LogP contribution in [0.4, 0.5) is 0 Å². The van der Waals surface area contributed by atoms with Crippen molar-refractivity contribution in [1.82, 2.24) is 4.90 Å². The lowest BCUT2D eigenvalue weighted by Crippen LogP contribution is -2.30. The fourth-order valence-electron chi connectivity index (χ4n) is 2.00. The van der Waals surface area contributed by atoms with Gasteiger partial charge in [0.1, 0.15) is 0 Å². The van der Waals surface area contributed by atoms with Crippen molar-refractivity contribution in [3.8, 4) is 0 Å². The average Bonchev–Trinajstić information content (AvgIpc) is 2.67. The first kappa shape index (κ1) is 13.5. The fraction of sp³-hybridized carbons (Fsp3) is 0.727. The highest BCUT2D eigenvalue weighted by molar-refractivity contribution is 5.82. The number of carbonyl (C=O) groups is 3. The predicted molar refractivity (Wildman–Crippen MR) is 58.1 cm³/mol. The molecule has 0 aromatic carbocycles. The molecule has 6 nitrogen and oxygen atoms in total. The molecule has 1 fully saturated rings. The van der Waals surface area contributed by atoms with Gasteiger partial charge in [-0.15, -0.1) is 0 Å². The number of amides is 1. The number of carbonyl (C=O) groups excluding carboxylic acids is 2. The van der Waals surface area contributed by atoms with Crippen molar-refractivity contribution in [3.63, 3.8) is 0 Å². The van der Waals surface area contributed by atoms with E-state index in [-0.39, 0.29) is 36.6 Å². The van der Waals surface area contributed by atoms with E-state index in [1.807, 2.05) is 6.92 Å². The zero-order valence-corrected chi connectivity index (χ0v) is 10.0. The molecule has 0 spiro atoms. The van der Waals surface area contributed by atoms with Crippen molar-refractivity contribution >= 4 is 17.8 Å². The van der Waals surface area contributed by atoms with Crippen molar-refractivity contribution in [2.45, 2.75) is 19.8 Å². The highest BCUT2D eigenvalue weighted by Crippen LogP contribution is 2.24. The van der Waals surface area contributed by atoms with Gasteiger partial charge in [0, 0.05) is 19.5 Å². The summed E-state index contributed by atoms with van der Waals surface area (Å²) >= 11 is 0. The first-order valence-corrected chi connectivity index (χ1v) is 5.53. The highest BCUT2D eigenvalue weighted by atomic mass is 16.5. The zero-order valence-electron chi connectivity index (χ0n) is 10.0. The van der Waals surface area contributed by atoms with E-state index in [0.717, 1.165) is 0 Å². The molecular formula is C11H17NO5. The number of hydrogen-bond acceptors (Lipinski definition) is 4. The van der Waals surface area contributed by atoms with Crippen LogP contribution in [0.5, 0.6) is 0 Å². The Bertz CT molecular complexity index is 328. The van der Waals surface area contributed by atoms with Crippen molar-refractivity contribution in [1.29, 1.82) is 0 Å². The molecule has 96 valence electrons. The zero-order chi connectivity index (χ0) is 13.0. The maximum absolute atomic E-state index is 11.7. The third kappa shape index (κ3) is 3.44. The van der Waals surface area contributed by atoms with E-state index >= 15 is 0 Å². The second-order valence-corrected chi connectivity index (χ2v) is 4.30. The Morgan fingerprint density at radius 3 is 2.47 bits per heavy atom. The van der Waals surface area contributed by atoms with Crippen LogP contribution < -0.4 is 0 Å². The highest BCUT2D eigenvalue weighted by Gasteiger charge is 2.37. The van der Waals surface area contributed by atoms with E-state index in [2.05, 4.69) is 4.74 Å². The Morgan fingerprint density at radius 1 is 1.29 bits per heavy atom. The number of carboxylic acids is 1. The van der Waals surface area contributed by atoms with Crippen LogP contribution in [0.25, 0.3) is 0 Å². The number of methoxy groups -OCH3 is 1. The lowest BCUT2D eigenvalue weighted by atomic mass is 9.99. The van der Waals surface area contributed by atoms with Crippen LogP contribution in [0.15, 0.2) is 0 Å². The van der Waals surface area contributed by atoms with Crippen molar-refractivity contribution in [3.05, 3.63) is 0 Å². The van der Waals surface area contributed by atoms with E-state index in [9.17, 15) is 14.4 Å². The van der Waals surface area contributed by atoms with Gasteiger partial charge in [-0.25, -0.2) is 0 Å². The van der Waals surface area contributed by atoms with Crippen LogP contribution in [-0.4, -0.2) is 48.1 Å². The minimum Gasteiger partial charge on any atom is -0.481 e. The van der Waals surface area contributed by atoms with Crippen LogP contribution in [0.1, 0.15) is 19.8 Å². The molecule has 1 heterocycles. The number of hydrogen-bond donors (Lipinski definition) is 1. The Kier molecular flexibility index (Phi) is 4.48. The quantitative estimate of drug-likeness (QED) is 0.709. The fourth-order valence-corrected chi connectivity index (χ4v) is 2.00. The van der Waals surface area contributed by atoms with Gasteiger partial charge in [0.05, 0.1) is 19.4 Å². The molecule has 0 bridgehead atoms. The van der Waals surface area contributed by atoms with Crippen LogP contribution in [0.2, 0.25) is 0 Å². The third-order valence-electron chi connectivity index (χ3n) is 3.02. The summed E-state index contributed by atoms with van der Waals surface area (Å²) in [6.45, 7) is 2.69. The molecule has 1 saturated heterocycles. The molecule has 1 N–H and O–H groups in total. The first-order chi connectivity index (χ1) is 7.95. The van der Waals surface area contributed by atoms with E-state index < -0.39 is 5.97 Å². The summed E-state index contributed by atoms with van der Waals surface area (Å²) in [5, 5.41) is 8.49. The van der Waals surface area contributed by atoms with E-state index in [1.54, 1.807) is 0 Å². The van der Waals surface area contributed by atoms with Gasteiger partial charge in [0.25, 0.3) is 0 Å². The molecule has 0 radical (unpaired) electrons. The summed E-state index contributed by atoms with van der Waals surface area (Å²) in [6, 6.07) is 0. The molecule has 2 unspecified atom stereocenters. The monoisotopic (exact) mass is 243 g/mol. The number of nitrogens with zero attached hydrogens (tertiary/aromatic N) is 1. The van der Waals surface area contributed by atoms with Gasteiger partial charge < -0.3 is 14.7 Å². The Balaban J connectivity index is 2.50. The van der Waals surface area contributed by atoms with Gasteiger partial charge in [0.15, 0.2) is 0 Å². The molecule has 0 aliphatic carbocycles. The van der Waals surface area contributed by atoms with Crippen molar-refractivity contribution < 1.29 is 24.2 Å². The molecule has 1 rings (SSSR count). The molecule has 0 saturated carbocycles. The largest absolute Gasteiger partial charge is 0.481 e. The van der Waals surface area contributed by atoms with Gasteiger partial charge in [0.2, 0.25) is 5.91 Å². The molecule has 1 aliphatic rings. The second-order valence-electron chi connectivity index (χ2n) is 4.30. The molecule has 1 aliphatic heterocycles. The summed E-state index contributed by atoms with van der Waals surface area (Å²) in [7, 11) is 1.32. The van der Waals surface area contributed by atoms with Crippen molar-refractivity contribution in [2.75, 3.05) is 20.2 Å². The molecule has 0 aromatic heterocycles. The topological polar surface area (TPSA) is 83.9 Å². The van der Waals surface area contributed by atoms with Gasteiger partial charge in [-0.2, -0.15) is 0 Å². The van der Waals surface area contributed by atoms with Crippen LogP contribution in [0.3, 0.4) is 0 Å². The summed E-state index contributed by atoms with van der Waals surface area (Å²) < 4.78 is 4.66. The normalized spacial score (nSPS) is 23.5. The Morgan fingerprint density at radius 2 is 1.94 bits per heavy atom. The standard InChI is InChI=1S/C11H17NO5/c1-7-5-12(6-8(7)11(16)17-2)9(13)3-4-10(14)15/h7-8H,3-6H2,1-2H3,(H,14,15). The van der Waals surface area contributed by atoms with Gasteiger partial charge in [-0.05, 0) is 5.92 Å². The number of esters is 1. The van der Waals surface area contributed by atoms with Crippen LogP contribution in [-0.2, 0) is 19.1 Å². The lowest BCUT2D eigenvalue weighted by molar-refractivity contribution is -0.146. The van der Waals surface area contributed by atoms with Gasteiger partial charge in [-0.3, -0.25) is 14.4 Å². The number of aliphatic carboxylic acids is 1. The number of carboxylic acid groups (broad SMARTS) is 1. The molecule has 17 heavy (non-hydrogen) atoms. The average molecular weight is 243 g/mol. The summed E-state index contributed by atoms with van der Waals surface area (Å²) in [4.78, 5) is 35.0. The molecular weight excluding hydrogens is 226 g/mol. The number of rotatable bonds is 4. The summed E-state index contributed by atoms with van der Waals surface area (Å²) in [5.41, 5.74) is 0. The number of likely N-dealkylation sites (tertiary alicyclic amines) is 1. The lowest BCUT2D eigenvalue weighted by Gasteiger charge is -2.15. The van der Waals surface area contributed by atoms with Crippen molar-refractivity contribution in [2.24, 2.45) is 11.8 Å². The predicted octanol–water partition coefficient (Wildman–Crippen LogP) is 0.119.